The van der Waals surface area contributed by atoms with Crippen molar-refractivity contribution in [3.05, 3.63) is 23.9 Å². The first-order valence-electron chi connectivity index (χ1n) is 5.10. The fourth-order valence-electron chi connectivity index (χ4n) is 1.64. The average Bonchev–Trinajstić information content (AvgIpc) is 2.69. The van der Waals surface area contributed by atoms with E-state index in [1.807, 2.05) is 0 Å². The van der Waals surface area contributed by atoms with Crippen molar-refractivity contribution in [2.75, 3.05) is 25.1 Å². The van der Waals surface area contributed by atoms with Gasteiger partial charge in [0.1, 0.15) is 5.82 Å². The Morgan fingerprint density at radius 2 is 2.11 bits per heavy atom. The largest absolute Gasteiger partial charge is 0.416 e. The molecule has 1 aromatic rings. The number of anilines is 1. The molecule has 98 valence electrons. The van der Waals surface area contributed by atoms with Crippen LogP contribution < -0.4 is 4.90 Å². The molecular formula is C10H10F3N3O2. The summed E-state index contributed by atoms with van der Waals surface area (Å²) in [5.74, 6) is -0.0330. The molecule has 18 heavy (non-hydrogen) atoms. The van der Waals surface area contributed by atoms with Gasteiger partial charge in [-0.3, -0.25) is 9.74 Å². The summed E-state index contributed by atoms with van der Waals surface area (Å²) in [7, 11) is 1.32. The third-order valence-electron chi connectivity index (χ3n) is 2.54. The maximum Gasteiger partial charge on any atom is 0.416 e. The van der Waals surface area contributed by atoms with Crippen molar-refractivity contribution in [1.29, 1.82) is 0 Å². The Morgan fingerprint density at radius 3 is 2.67 bits per heavy atom. The number of nitrogens with zero attached hydrogens (tertiary/aromatic N) is 3. The van der Waals surface area contributed by atoms with E-state index in [4.69, 9.17) is 4.84 Å². The van der Waals surface area contributed by atoms with Crippen molar-refractivity contribution in [3.8, 4) is 0 Å². The number of hydrogen-bond acceptors (Lipinski definition) is 3. The van der Waals surface area contributed by atoms with Crippen LogP contribution in [-0.2, 0) is 11.0 Å². The van der Waals surface area contributed by atoms with Crippen LogP contribution in [0.3, 0.4) is 0 Å². The van der Waals surface area contributed by atoms with Gasteiger partial charge in [0.25, 0.3) is 0 Å². The van der Waals surface area contributed by atoms with E-state index in [-0.39, 0.29) is 18.9 Å². The Balaban J connectivity index is 2.27. The Hall–Kier alpha value is -1.83. The topological polar surface area (TPSA) is 45.7 Å². The molecule has 0 saturated carbocycles. The lowest BCUT2D eigenvalue weighted by atomic mass is 10.2. The lowest BCUT2D eigenvalue weighted by molar-refractivity contribution is -0.137. The summed E-state index contributed by atoms with van der Waals surface area (Å²) < 4.78 is 37.6. The van der Waals surface area contributed by atoms with E-state index in [1.165, 1.54) is 7.11 Å². The number of pyridine rings is 1. The normalized spacial score (nSPS) is 16.6. The zero-order chi connectivity index (χ0) is 13.3. The Bertz CT molecular complexity index is 464. The van der Waals surface area contributed by atoms with Gasteiger partial charge in [0.2, 0.25) is 0 Å². The third-order valence-corrected chi connectivity index (χ3v) is 2.54. The maximum atomic E-state index is 12.5. The molecule has 0 atom stereocenters. The maximum absolute atomic E-state index is 12.5. The quantitative estimate of drug-likeness (QED) is 0.816. The molecule has 0 aliphatic carbocycles. The van der Waals surface area contributed by atoms with Gasteiger partial charge in [-0.05, 0) is 12.1 Å². The van der Waals surface area contributed by atoms with E-state index >= 15 is 0 Å². The molecule has 1 aliphatic rings. The smallest absolute Gasteiger partial charge is 0.275 e. The van der Waals surface area contributed by atoms with Crippen LogP contribution in [0.25, 0.3) is 0 Å². The van der Waals surface area contributed by atoms with Gasteiger partial charge in [-0.2, -0.15) is 13.2 Å². The molecular weight excluding hydrogens is 251 g/mol. The van der Waals surface area contributed by atoms with Crippen molar-refractivity contribution in [2.24, 2.45) is 0 Å². The number of halogens is 3. The molecule has 0 bridgehead atoms. The molecule has 0 N–H and O–H groups in total. The molecule has 1 aromatic heterocycles. The SMILES string of the molecule is CON1CCN(c2cc(C(F)(F)F)ccn2)C1=O. The Labute approximate surface area is 101 Å². The lowest BCUT2D eigenvalue weighted by Gasteiger charge is -2.16. The molecule has 1 fully saturated rings. The predicted molar refractivity (Wildman–Crippen MR) is 55.7 cm³/mol. The van der Waals surface area contributed by atoms with Gasteiger partial charge >= 0.3 is 12.2 Å². The average molecular weight is 261 g/mol. The highest BCUT2D eigenvalue weighted by molar-refractivity contribution is 5.92. The number of aromatic nitrogens is 1. The van der Waals surface area contributed by atoms with Gasteiger partial charge in [0.05, 0.1) is 19.2 Å². The van der Waals surface area contributed by atoms with Crippen LogP contribution in [0, 0.1) is 0 Å². The van der Waals surface area contributed by atoms with Crippen LogP contribution >= 0.6 is 0 Å². The predicted octanol–water partition coefficient (Wildman–Crippen LogP) is 1.90. The molecule has 5 nitrogen and oxygen atoms in total. The Morgan fingerprint density at radius 1 is 1.39 bits per heavy atom. The first-order chi connectivity index (χ1) is 8.43. The van der Waals surface area contributed by atoms with E-state index in [9.17, 15) is 18.0 Å². The lowest BCUT2D eigenvalue weighted by Crippen LogP contribution is -2.31. The fourth-order valence-corrected chi connectivity index (χ4v) is 1.64. The number of hydrogen-bond donors (Lipinski definition) is 0. The van der Waals surface area contributed by atoms with E-state index in [1.54, 1.807) is 0 Å². The van der Waals surface area contributed by atoms with Gasteiger partial charge in [-0.25, -0.2) is 14.8 Å². The van der Waals surface area contributed by atoms with Crippen molar-refractivity contribution in [2.45, 2.75) is 6.18 Å². The number of alkyl halides is 3. The van der Waals surface area contributed by atoms with Gasteiger partial charge < -0.3 is 0 Å². The number of rotatable bonds is 2. The van der Waals surface area contributed by atoms with Crippen molar-refractivity contribution in [1.82, 2.24) is 10.0 Å². The molecule has 8 heteroatoms. The monoisotopic (exact) mass is 261 g/mol. The highest BCUT2D eigenvalue weighted by Crippen LogP contribution is 2.31. The first-order valence-corrected chi connectivity index (χ1v) is 5.10. The van der Waals surface area contributed by atoms with Crippen molar-refractivity contribution >= 4 is 11.8 Å². The molecule has 0 aromatic carbocycles. The van der Waals surface area contributed by atoms with E-state index in [0.29, 0.717) is 0 Å². The van der Waals surface area contributed by atoms with Crippen LogP contribution in [0.5, 0.6) is 0 Å². The summed E-state index contributed by atoms with van der Waals surface area (Å²) in [5.41, 5.74) is -0.837. The number of urea groups is 1. The van der Waals surface area contributed by atoms with Gasteiger partial charge in [0, 0.05) is 12.7 Å². The van der Waals surface area contributed by atoms with E-state index in [2.05, 4.69) is 4.98 Å². The van der Waals surface area contributed by atoms with E-state index in [0.717, 1.165) is 28.3 Å². The second-order valence-corrected chi connectivity index (χ2v) is 3.62. The molecule has 2 rings (SSSR count). The molecule has 1 aliphatic heterocycles. The number of hydroxylamine groups is 2. The molecule has 2 amide bonds. The zero-order valence-corrected chi connectivity index (χ0v) is 9.44. The van der Waals surface area contributed by atoms with Crippen LogP contribution in [0.1, 0.15) is 5.56 Å². The minimum Gasteiger partial charge on any atom is -0.275 e. The summed E-state index contributed by atoms with van der Waals surface area (Å²) in [6, 6.07) is 1.18. The molecule has 0 spiro atoms. The number of amides is 2. The summed E-state index contributed by atoms with van der Waals surface area (Å²) in [6.07, 6.45) is -3.43. The number of carbonyl (C=O) groups is 1. The number of carbonyl (C=O) groups excluding carboxylic acids is 1. The van der Waals surface area contributed by atoms with Crippen LogP contribution in [0.4, 0.5) is 23.8 Å². The third kappa shape index (κ3) is 2.23. The van der Waals surface area contributed by atoms with Crippen LogP contribution in [0.2, 0.25) is 0 Å². The van der Waals surface area contributed by atoms with Crippen LogP contribution in [-0.4, -0.2) is 36.3 Å². The molecule has 2 heterocycles. The summed E-state index contributed by atoms with van der Waals surface area (Å²) >= 11 is 0. The van der Waals surface area contributed by atoms with Gasteiger partial charge in [-0.15, -0.1) is 0 Å². The minimum atomic E-state index is -4.46. The zero-order valence-electron chi connectivity index (χ0n) is 9.44. The standard InChI is InChI=1S/C10H10F3N3O2/c1-18-16-5-4-15(9(16)17)8-6-7(2-3-14-8)10(11,12)13/h2-3,6H,4-5H2,1H3. The van der Waals surface area contributed by atoms with E-state index < -0.39 is 17.8 Å². The molecule has 0 radical (unpaired) electrons. The van der Waals surface area contributed by atoms with Gasteiger partial charge in [0.15, 0.2) is 0 Å². The molecule has 0 unspecified atom stereocenters. The summed E-state index contributed by atoms with van der Waals surface area (Å²) in [6.45, 7) is 0.522. The fraction of sp³-hybridized carbons (Fsp3) is 0.400. The second kappa shape index (κ2) is 4.45. The second-order valence-electron chi connectivity index (χ2n) is 3.62. The van der Waals surface area contributed by atoms with Crippen LogP contribution in [0.15, 0.2) is 18.3 Å². The Kier molecular flexibility index (Phi) is 3.12. The first kappa shape index (κ1) is 12.6. The van der Waals surface area contributed by atoms with Crippen molar-refractivity contribution < 1.29 is 22.8 Å². The van der Waals surface area contributed by atoms with Crippen molar-refractivity contribution in [3.63, 3.8) is 0 Å². The highest BCUT2D eigenvalue weighted by Gasteiger charge is 2.34. The van der Waals surface area contributed by atoms with Gasteiger partial charge in [-0.1, -0.05) is 0 Å². The summed E-state index contributed by atoms with van der Waals surface area (Å²) in [4.78, 5) is 21.4. The summed E-state index contributed by atoms with van der Waals surface area (Å²) in [5, 5.41) is 1.06. The highest BCUT2D eigenvalue weighted by atomic mass is 19.4. The minimum absolute atomic E-state index is 0.0330. The molecule has 1 saturated heterocycles.